The minimum atomic E-state index is -0.313. The van der Waals surface area contributed by atoms with Gasteiger partial charge in [-0.15, -0.1) is 0 Å². The minimum absolute atomic E-state index is 0.0224. The molecule has 1 fully saturated rings. The number of hydrogen-bond donors (Lipinski definition) is 1. The molecule has 1 aromatic carbocycles. The van der Waals surface area contributed by atoms with Gasteiger partial charge in [0.2, 0.25) is 5.91 Å². The van der Waals surface area contributed by atoms with Crippen LogP contribution < -0.4 is 5.32 Å². The first-order valence-corrected chi connectivity index (χ1v) is 7.19. The maximum atomic E-state index is 12.9. The van der Waals surface area contributed by atoms with Crippen LogP contribution in [0, 0.1) is 11.7 Å². The van der Waals surface area contributed by atoms with E-state index in [-0.39, 0.29) is 11.7 Å². The van der Waals surface area contributed by atoms with E-state index in [1.54, 1.807) is 6.07 Å². The lowest BCUT2D eigenvalue weighted by Crippen LogP contribution is -2.18. The van der Waals surface area contributed by atoms with E-state index in [9.17, 15) is 9.18 Å². The molecule has 1 N–H and O–H groups in total. The van der Waals surface area contributed by atoms with Crippen molar-refractivity contribution in [3.8, 4) is 0 Å². The van der Waals surface area contributed by atoms with Gasteiger partial charge in [-0.3, -0.25) is 4.79 Å². The van der Waals surface area contributed by atoms with E-state index in [0.717, 1.165) is 12.8 Å². The Morgan fingerprint density at radius 3 is 2.72 bits per heavy atom. The molecule has 2 nitrogen and oxygen atoms in total. The van der Waals surface area contributed by atoms with Gasteiger partial charge in [0.15, 0.2) is 0 Å². The van der Waals surface area contributed by atoms with Crippen LogP contribution in [0.4, 0.5) is 10.1 Å². The Kier molecular flexibility index (Phi) is 4.75. The molecule has 1 aliphatic carbocycles. The molecule has 4 heteroatoms. The molecule has 1 aromatic rings. The largest absolute Gasteiger partial charge is 0.325 e. The zero-order chi connectivity index (χ0) is 13.0. The van der Waals surface area contributed by atoms with E-state index < -0.39 is 0 Å². The summed E-state index contributed by atoms with van der Waals surface area (Å²) in [5.41, 5.74) is 0.636. The van der Waals surface area contributed by atoms with Crippen molar-refractivity contribution in [3.63, 3.8) is 0 Å². The molecule has 0 bridgehead atoms. The van der Waals surface area contributed by atoms with Crippen LogP contribution >= 0.6 is 15.9 Å². The first-order chi connectivity index (χ1) is 8.65. The maximum Gasteiger partial charge on any atom is 0.224 e. The lowest BCUT2D eigenvalue weighted by atomic mass is 9.87. The summed E-state index contributed by atoms with van der Waals surface area (Å²) in [6, 6.07) is 4.29. The lowest BCUT2D eigenvalue weighted by molar-refractivity contribution is -0.117. The van der Waals surface area contributed by atoms with Crippen LogP contribution in [0.3, 0.4) is 0 Å². The van der Waals surface area contributed by atoms with Crippen LogP contribution in [-0.2, 0) is 4.79 Å². The van der Waals surface area contributed by atoms with Crippen LogP contribution in [0.15, 0.2) is 22.7 Å². The van der Waals surface area contributed by atoms with E-state index in [1.165, 1.54) is 31.4 Å². The minimum Gasteiger partial charge on any atom is -0.325 e. The van der Waals surface area contributed by atoms with E-state index in [0.29, 0.717) is 22.5 Å². The van der Waals surface area contributed by atoms with E-state index >= 15 is 0 Å². The van der Waals surface area contributed by atoms with Gasteiger partial charge in [0, 0.05) is 10.9 Å². The van der Waals surface area contributed by atoms with Crippen LogP contribution in [0.5, 0.6) is 0 Å². The van der Waals surface area contributed by atoms with E-state index in [2.05, 4.69) is 21.2 Å². The number of benzene rings is 1. The molecule has 0 saturated heterocycles. The SMILES string of the molecule is O=C(CC1CCCCC1)Nc1ccc(F)cc1Br. The van der Waals surface area contributed by atoms with Gasteiger partial charge in [-0.05, 0) is 52.9 Å². The van der Waals surface area contributed by atoms with Gasteiger partial charge in [0.05, 0.1) is 5.69 Å². The predicted octanol–water partition coefficient (Wildman–Crippen LogP) is 4.50. The highest BCUT2D eigenvalue weighted by atomic mass is 79.9. The number of hydrogen-bond acceptors (Lipinski definition) is 1. The van der Waals surface area contributed by atoms with Gasteiger partial charge in [-0.1, -0.05) is 19.3 Å². The molecular weight excluding hydrogens is 297 g/mol. The number of anilines is 1. The zero-order valence-corrected chi connectivity index (χ0v) is 11.8. The van der Waals surface area contributed by atoms with Gasteiger partial charge in [0.25, 0.3) is 0 Å². The topological polar surface area (TPSA) is 29.1 Å². The third-order valence-corrected chi connectivity index (χ3v) is 4.06. The van der Waals surface area contributed by atoms with Gasteiger partial charge < -0.3 is 5.32 Å². The quantitative estimate of drug-likeness (QED) is 0.874. The number of carbonyl (C=O) groups excluding carboxylic acids is 1. The fraction of sp³-hybridized carbons (Fsp3) is 0.500. The number of rotatable bonds is 3. The Morgan fingerprint density at radius 1 is 1.33 bits per heavy atom. The molecule has 0 radical (unpaired) electrons. The number of nitrogens with one attached hydrogen (secondary N) is 1. The molecule has 0 aromatic heterocycles. The summed E-state index contributed by atoms with van der Waals surface area (Å²) in [7, 11) is 0. The fourth-order valence-electron chi connectivity index (χ4n) is 2.45. The molecule has 0 aliphatic heterocycles. The third-order valence-electron chi connectivity index (χ3n) is 3.40. The molecule has 2 rings (SSSR count). The van der Waals surface area contributed by atoms with Gasteiger partial charge in [0.1, 0.15) is 5.82 Å². The van der Waals surface area contributed by atoms with Crippen molar-refractivity contribution < 1.29 is 9.18 Å². The first-order valence-electron chi connectivity index (χ1n) is 6.40. The molecule has 1 amide bonds. The normalized spacial score (nSPS) is 16.6. The Bertz CT molecular complexity index is 430. The Hall–Kier alpha value is -0.900. The van der Waals surface area contributed by atoms with Crippen molar-refractivity contribution in [1.82, 2.24) is 0 Å². The number of amides is 1. The highest BCUT2D eigenvalue weighted by molar-refractivity contribution is 9.10. The standard InChI is InChI=1S/C14H17BrFNO/c15-12-9-11(16)6-7-13(12)17-14(18)8-10-4-2-1-3-5-10/h6-7,9-10H,1-5,8H2,(H,17,18). The monoisotopic (exact) mass is 313 g/mol. The summed E-state index contributed by atoms with van der Waals surface area (Å²) in [6.45, 7) is 0. The second kappa shape index (κ2) is 6.32. The summed E-state index contributed by atoms with van der Waals surface area (Å²) in [4.78, 5) is 11.9. The average molecular weight is 314 g/mol. The second-order valence-electron chi connectivity index (χ2n) is 4.88. The van der Waals surface area contributed by atoms with Gasteiger partial charge in [-0.2, -0.15) is 0 Å². The highest BCUT2D eigenvalue weighted by Crippen LogP contribution is 2.28. The molecule has 0 heterocycles. The van der Waals surface area contributed by atoms with Crippen molar-refractivity contribution in [2.75, 3.05) is 5.32 Å². The summed E-state index contributed by atoms with van der Waals surface area (Å²) in [6.07, 6.45) is 6.64. The fourth-order valence-corrected chi connectivity index (χ4v) is 2.90. The molecule has 18 heavy (non-hydrogen) atoms. The van der Waals surface area contributed by atoms with Crippen molar-refractivity contribution >= 4 is 27.5 Å². The average Bonchev–Trinajstić information content (AvgIpc) is 2.34. The smallest absolute Gasteiger partial charge is 0.224 e. The third kappa shape index (κ3) is 3.80. The molecule has 98 valence electrons. The van der Waals surface area contributed by atoms with E-state index in [1.807, 2.05) is 0 Å². The number of carbonyl (C=O) groups is 1. The maximum absolute atomic E-state index is 12.9. The summed E-state index contributed by atoms with van der Waals surface area (Å²) < 4.78 is 13.5. The summed E-state index contributed by atoms with van der Waals surface area (Å²) in [5, 5.41) is 2.83. The Labute approximate surface area is 115 Å². The van der Waals surface area contributed by atoms with Crippen molar-refractivity contribution in [2.24, 2.45) is 5.92 Å². The molecule has 1 saturated carbocycles. The lowest BCUT2D eigenvalue weighted by Gasteiger charge is -2.21. The van der Waals surface area contributed by atoms with Crippen LogP contribution in [-0.4, -0.2) is 5.91 Å². The van der Waals surface area contributed by atoms with Crippen molar-refractivity contribution in [2.45, 2.75) is 38.5 Å². The second-order valence-corrected chi connectivity index (χ2v) is 5.73. The van der Waals surface area contributed by atoms with E-state index in [4.69, 9.17) is 0 Å². The molecule has 0 atom stereocenters. The van der Waals surface area contributed by atoms with Crippen LogP contribution in [0.2, 0.25) is 0 Å². The zero-order valence-electron chi connectivity index (χ0n) is 10.2. The number of halogens is 2. The molecule has 1 aliphatic rings. The highest BCUT2D eigenvalue weighted by Gasteiger charge is 2.17. The van der Waals surface area contributed by atoms with Crippen LogP contribution in [0.1, 0.15) is 38.5 Å². The molecule has 0 unspecified atom stereocenters. The molecular formula is C14H17BrFNO. The van der Waals surface area contributed by atoms with Gasteiger partial charge in [-0.25, -0.2) is 4.39 Å². The summed E-state index contributed by atoms with van der Waals surface area (Å²) in [5.74, 6) is 0.222. The Morgan fingerprint density at radius 2 is 2.06 bits per heavy atom. The summed E-state index contributed by atoms with van der Waals surface area (Å²) >= 11 is 3.25. The van der Waals surface area contributed by atoms with Gasteiger partial charge >= 0.3 is 0 Å². The van der Waals surface area contributed by atoms with Crippen LogP contribution in [0.25, 0.3) is 0 Å². The van der Waals surface area contributed by atoms with Crippen molar-refractivity contribution in [3.05, 3.63) is 28.5 Å². The molecule has 0 spiro atoms. The Balaban J connectivity index is 1.90. The van der Waals surface area contributed by atoms with Crippen molar-refractivity contribution in [1.29, 1.82) is 0 Å². The predicted molar refractivity (Wildman–Crippen MR) is 73.9 cm³/mol. The first kappa shape index (κ1) is 13.5.